The number of likely N-dealkylation sites (tertiary alicyclic amines) is 1. The van der Waals surface area contributed by atoms with E-state index in [2.05, 4.69) is 10.6 Å². The lowest BCUT2D eigenvalue weighted by Crippen LogP contribution is -2.41. The maximum atomic E-state index is 12.2. The number of nitrogens with zero attached hydrogens (tertiary/aromatic N) is 1. The normalized spacial score (nSPS) is 32.2. The summed E-state index contributed by atoms with van der Waals surface area (Å²) in [6, 6.07) is 0.654. The predicted molar refractivity (Wildman–Crippen MR) is 71.5 cm³/mol. The molecule has 5 heteroatoms. The molecule has 3 aliphatic rings. The second-order valence-electron chi connectivity index (χ2n) is 6.08. The lowest BCUT2D eigenvalue weighted by molar-refractivity contribution is -0.130. The molecular weight excluding hydrogens is 242 g/mol. The number of nitrogens with one attached hydrogen (secondary N) is 2. The average molecular weight is 265 g/mol. The molecule has 0 aromatic rings. The van der Waals surface area contributed by atoms with Crippen LogP contribution < -0.4 is 10.6 Å². The smallest absolute Gasteiger partial charge is 0.225 e. The van der Waals surface area contributed by atoms with Crippen LogP contribution in [0.2, 0.25) is 0 Å². The summed E-state index contributed by atoms with van der Waals surface area (Å²) in [6.45, 7) is 2.47. The van der Waals surface area contributed by atoms with E-state index in [4.69, 9.17) is 0 Å². The van der Waals surface area contributed by atoms with Crippen LogP contribution in [0.15, 0.2) is 0 Å². The van der Waals surface area contributed by atoms with Gasteiger partial charge in [0.15, 0.2) is 0 Å². The second-order valence-corrected chi connectivity index (χ2v) is 6.08. The van der Waals surface area contributed by atoms with E-state index in [1.165, 1.54) is 12.8 Å². The number of carbonyl (C=O) groups excluding carboxylic acids is 2. The van der Waals surface area contributed by atoms with E-state index >= 15 is 0 Å². The SMILES string of the molecule is O=C(NC1CCNC1)C1CC(=O)N(C2CCCC2)C1. The molecule has 2 N–H and O–H groups in total. The molecule has 0 aromatic carbocycles. The summed E-state index contributed by atoms with van der Waals surface area (Å²) in [5.74, 6) is 0.118. The molecule has 3 rings (SSSR count). The molecule has 2 unspecified atom stereocenters. The summed E-state index contributed by atoms with van der Waals surface area (Å²) in [7, 11) is 0. The molecule has 0 aromatic heterocycles. The maximum absolute atomic E-state index is 12.2. The molecule has 106 valence electrons. The van der Waals surface area contributed by atoms with Gasteiger partial charge < -0.3 is 15.5 Å². The molecule has 2 aliphatic heterocycles. The van der Waals surface area contributed by atoms with Gasteiger partial charge in [-0.1, -0.05) is 12.8 Å². The van der Waals surface area contributed by atoms with Gasteiger partial charge in [-0.2, -0.15) is 0 Å². The van der Waals surface area contributed by atoms with Gasteiger partial charge in [-0.3, -0.25) is 9.59 Å². The van der Waals surface area contributed by atoms with Gasteiger partial charge in [0, 0.05) is 31.6 Å². The van der Waals surface area contributed by atoms with E-state index < -0.39 is 0 Å². The van der Waals surface area contributed by atoms with Crippen LogP contribution in [0, 0.1) is 5.92 Å². The van der Waals surface area contributed by atoms with Gasteiger partial charge in [0.05, 0.1) is 5.92 Å². The van der Waals surface area contributed by atoms with Crippen molar-refractivity contribution < 1.29 is 9.59 Å². The van der Waals surface area contributed by atoms with Gasteiger partial charge in [0.2, 0.25) is 11.8 Å². The molecule has 0 radical (unpaired) electrons. The van der Waals surface area contributed by atoms with E-state index in [1.807, 2.05) is 4.90 Å². The highest BCUT2D eigenvalue weighted by Crippen LogP contribution is 2.29. The van der Waals surface area contributed by atoms with E-state index in [9.17, 15) is 9.59 Å². The number of rotatable bonds is 3. The first-order chi connectivity index (χ1) is 9.24. The molecule has 3 fully saturated rings. The van der Waals surface area contributed by atoms with E-state index in [0.29, 0.717) is 19.0 Å². The van der Waals surface area contributed by atoms with E-state index in [0.717, 1.165) is 32.4 Å². The van der Waals surface area contributed by atoms with Crippen molar-refractivity contribution in [2.24, 2.45) is 5.92 Å². The molecule has 1 saturated carbocycles. The Labute approximate surface area is 114 Å². The van der Waals surface area contributed by atoms with Crippen molar-refractivity contribution in [3.63, 3.8) is 0 Å². The van der Waals surface area contributed by atoms with Gasteiger partial charge >= 0.3 is 0 Å². The van der Waals surface area contributed by atoms with Crippen molar-refractivity contribution in [3.8, 4) is 0 Å². The Morgan fingerprint density at radius 2 is 2.05 bits per heavy atom. The molecule has 19 heavy (non-hydrogen) atoms. The minimum Gasteiger partial charge on any atom is -0.352 e. The summed E-state index contributed by atoms with van der Waals surface area (Å²) >= 11 is 0. The molecule has 1 aliphatic carbocycles. The second kappa shape index (κ2) is 5.49. The van der Waals surface area contributed by atoms with Gasteiger partial charge in [-0.15, -0.1) is 0 Å². The lowest BCUT2D eigenvalue weighted by atomic mass is 10.1. The number of hydrogen-bond acceptors (Lipinski definition) is 3. The molecule has 2 amide bonds. The molecule has 2 heterocycles. The average Bonchev–Trinajstić information content (AvgIpc) is 3.07. The van der Waals surface area contributed by atoms with Crippen LogP contribution in [0.3, 0.4) is 0 Å². The molecule has 5 nitrogen and oxygen atoms in total. The Kier molecular flexibility index (Phi) is 3.73. The number of carbonyl (C=O) groups is 2. The minimum atomic E-state index is -0.131. The summed E-state index contributed by atoms with van der Waals surface area (Å²) in [5.41, 5.74) is 0. The van der Waals surface area contributed by atoms with Crippen molar-refractivity contribution in [2.75, 3.05) is 19.6 Å². The molecule has 2 saturated heterocycles. The Hall–Kier alpha value is -1.10. The highest BCUT2D eigenvalue weighted by atomic mass is 16.2. The zero-order chi connectivity index (χ0) is 13.2. The first-order valence-corrected chi connectivity index (χ1v) is 7.54. The zero-order valence-electron chi connectivity index (χ0n) is 11.4. The Morgan fingerprint density at radius 1 is 1.26 bits per heavy atom. The Morgan fingerprint density at radius 3 is 2.74 bits per heavy atom. The van der Waals surface area contributed by atoms with Crippen LogP contribution in [-0.4, -0.2) is 48.4 Å². The molecule has 2 atom stereocenters. The fraction of sp³-hybridized carbons (Fsp3) is 0.857. The van der Waals surface area contributed by atoms with Crippen LogP contribution in [-0.2, 0) is 9.59 Å². The third-order valence-corrected chi connectivity index (χ3v) is 4.70. The molecular formula is C14H23N3O2. The maximum Gasteiger partial charge on any atom is 0.225 e. The summed E-state index contributed by atoms with van der Waals surface area (Å²) in [6.07, 6.45) is 6.08. The number of amides is 2. The Balaban J connectivity index is 1.54. The van der Waals surface area contributed by atoms with Crippen molar-refractivity contribution in [3.05, 3.63) is 0 Å². The number of hydrogen-bond donors (Lipinski definition) is 2. The minimum absolute atomic E-state index is 0.0718. The van der Waals surface area contributed by atoms with Crippen LogP contribution in [0.5, 0.6) is 0 Å². The predicted octanol–water partition coefficient (Wildman–Crippen LogP) is 0.256. The van der Waals surface area contributed by atoms with Crippen LogP contribution >= 0.6 is 0 Å². The third-order valence-electron chi connectivity index (χ3n) is 4.70. The van der Waals surface area contributed by atoms with Gasteiger partial charge in [0.1, 0.15) is 0 Å². The van der Waals surface area contributed by atoms with Crippen LogP contribution in [0.1, 0.15) is 38.5 Å². The third kappa shape index (κ3) is 2.76. The molecule has 0 spiro atoms. The topological polar surface area (TPSA) is 61.4 Å². The van der Waals surface area contributed by atoms with Gasteiger partial charge in [-0.05, 0) is 25.8 Å². The first kappa shape index (κ1) is 12.9. The van der Waals surface area contributed by atoms with Crippen molar-refractivity contribution in [2.45, 2.75) is 50.6 Å². The van der Waals surface area contributed by atoms with Gasteiger partial charge in [-0.25, -0.2) is 0 Å². The van der Waals surface area contributed by atoms with Crippen molar-refractivity contribution in [1.82, 2.24) is 15.5 Å². The fourth-order valence-electron chi connectivity index (χ4n) is 3.57. The van der Waals surface area contributed by atoms with E-state index in [-0.39, 0.29) is 23.8 Å². The highest BCUT2D eigenvalue weighted by molar-refractivity contribution is 5.89. The largest absolute Gasteiger partial charge is 0.352 e. The standard InChI is InChI=1S/C14H23N3O2/c18-13-7-10(9-17(13)12-3-1-2-4-12)14(19)16-11-5-6-15-8-11/h10-12,15H,1-9H2,(H,16,19). The zero-order valence-corrected chi connectivity index (χ0v) is 11.4. The first-order valence-electron chi connectivity index (χ1n) is 7.54. The molecule has 0 bridgehead atoms. The lowest BCUT2D eigenvalue weighted by Gasteiger charge is -2.24. The van der Waals surface area contributed by atoms with Crippen LogP contribution in [0.4, 0.5) is 0 Å². The Bertz CT molecular complexity index is 360. The monoisotopic (exact) mass is 265 g/mol. The van der Waals surface area contributed by atoms with E-state index in [1.54, 1.807) is 0 Å². The summed E-state index contributed by atoms with van der Waals surface area (Å²) in [4.78, 5) is 26.2. The fourth-order valence-corrected chi connectivity index (χ4v) is 3.57. The van der Waals surface area contributed by atoms with Crippen molar-refractivity contribution in [1.29, 1.82) is 0 Å². The highest BCUT2D eigenvalue weighted by Gasteiger charge is 2.39. The van der Waals surface area contributed by atoms with Crippen molar-refractivity contribution >= 4 is 11.8 Å². The summed E-state index contributed by atoms with van der Waals surface area (Å²) < 4.78 is 0. The quantitative estimate of drug-likeness (QED) is 0.769. The van der Waals surface area contributed by atoms with Gasteiger partial charge in [0.25, 0.3) is 0 Å². The van der Waals surface area contributed by atoms with Crippen LogP contribution in [0.25, 0.3) is 0 Å². The summed E-state index contributed by atoms with van der Waals surface area (Å²) in [5, 5.41) is 6.31.